The number of hydrogen-bond donors (Lipinski definition) is 1. The lowest BCUT2D eigenvalue weighted by Gasteiger charge is -2.26. The average molecular weight is 352 g/mol. The van der Waals surface area contributed by atoms with E-state index >= 15 is 0 Å². The Morgan fingerprint density at radius 2 is 1.96 bits per heavy atom. The highest BCUT2D eigenvalue weighted by atomic mass is 32.2. The van der Waals surface area contributed by atoms with Crippen LogP contribution in [0.15, 0.2) is 24.3 Å². The minimum atomic E-state index is -3.54. The van der Waals surface area contributed by atoms with Crippen molar-refractivity contribution in [3.05, 3.63) is 24.3 Å². The van der Waals surface area contributed by atoms with E-state index in [-0.39, 0.29) is 18.5 Å². The molecule has 3 atom stereocenters. The van der Waals surface area contributed by atoms with E-state index in [0.717, 1.165) is 22.9 Å². The van der Waals surface area contributed by atoms with Gasteiger partial charge in [0.25, 0.3) is 0 Å². The van der Waals surface area contributed by atoms with Gasteiger partial charge in [-0.05, 0) is 55.4 Å². The molecule has 1 aromatic rings. The third-order valence-corrected chi connectivity index (χ3v) is 6.27. The normalized spacial score (nSPS) is 25.5. The number of nitrogens with one attached hydrogen (secondary N) is 1. The van der Waals surface area contributed by atoms with Crippen LogP contribution in [0.25, 0.3) is 0 Å². The Kier molecular flexibility index (Phi) is 4.71. The van der Waals surface area contributed by atoms with Crippen molar-refractivity contribution in [2.24, 2.45) is 11.8 Å². The quantitative estimate of drug-likeness (QED) is 0.846. The molecular formula is C17H24N2O4S. The summed E-state index contributed by atoms with van der Waals surface area (Å²) in [7, 11) is -2.00. The third-order valence-electron chi connectivity index (χ3n) is 5.13. The standard InChI is InChI=1S/C17H24N2O4S/c1-23-15-7-5-14(6-8-15)19(24(2,21)22)11-17(20)18-16-10-12-3-4-13(16)9-12/h5-8,12-13,16H,3-4,9-11H2,1-2H3,(H,18,20)/t12-,13-,16+/m0/s1. The summed E-state index contributed by atoms with van der Waals surface area (Å²) >= 11 is 0. The van der Waals surface area contributed by atoms with E-state index in [0.29, 0.717) is 17.4 Å². The van der Waals surface area contributed by atoms with Gasteiger partial charge in [-0.25, -0.2) is 8.42 Å². The van der Waals surface area contributed by atoms with E-state index in [1.54, 1.807) is 31.4 Å². The molecule has 0 unspecified atom stereocenters. The van der Waals surface area contributed by atoms with Crippen molar-refractivity contribution in [3.63, 3.8) is 0 Å². The molecule has 132 valence electrons. The Bertz CT molecular complexity index is 702. The topological polar surface area (TPSA) is 75.7 Å². The fourth-order valence-corrected chi connectivity index (χ4v) is 4.81. The number of ether oxygens (including phenoxy) is 1. The summed E-state index contributed by atoms with van der Waals surface area (Å²) in [5.74, 6) is 1.69. The minimum absolute atomic E-state index is 0.195. The van der Waals surface area contributed by atoms with Gasteiger partial charge in [-0.2, -0.15) is 0 Å². The smallest absolute Gasteiger partial charge is 0.241 e. The van der Waals surface area contributed by atoms with Crippen molar-refractivity contribution >= 4 is 21.6 Å². The van der Waals surface area contributed by atoms with E-state index in [4.69, 9.17) is 4.74 Å². The molecule has 2 aliphatic carbocycles. The number of benzene rings is 1. The molecule has 2 saturated carbocycles. The molecule has 0 heterocycles. The van der Waals surface area contributed by atoms with Gasteiger partial charge in [0.1, 0.15) is 12.3 Å². The number of amides is 1. The van der Waals surface area contributed by atoms with Gasteiger partial charge in [-0.15, -0.1) is 0 Å². The van der Waals surface area contributed by atoms with Crippen LogP contribution < -0.4 is 14.4 Å². The molecule has 1 amide bonds. The van der Waals surface area contributed by atoms with Crippen molar-refractivity contribution in [2.75, 3.05) is 24.2 Å². The lowest BCUT2D eigenvalue weighted by molar-refractivity contribution is -0.120. The van der Waals surface area contributed by atoms with E-state index < -0.39 is 10.0 Å². The van der Waals surface area contributed by atoms with E-state index in [1.807, 2.05) is 0 Å². The molecule has 7 heteroatoms. The van der Waals surface area contributed by atoms with Crippen molar-refractivity contribution in [1.82, 2.24) is 5.32 Å². The molecule has 2 aliphatic rings. The lowest BCUT2D eigenvalue weighted by Crippen LogP contribution is -2.45. The largest absolute Gasteiger partial charge is 0.497 e. The van der Waals surface area contributed by atoms with Gasteiger partial charge in [-0.3, -0.25) is 9.10 Å². The van der Waals surface area contributed by atoms with Gasteiger partial charge in [0.2, 0.25) is 15.9 Å². The summed E-state index contributed by atoms with van der Waals surface area (Å²) in [6.07, 6.45) is 5.77. The van der Waals surface area contributed by atoms with Crippen LogP contribution in [0.5, 0.6) is 5.75 Å². The van der Waals surface area contributed by atoms with Crippen LogP contribution in [0.1, 0.15) is 25.7 Å². The number of carbonyl (C=O) groups is 1. The number of hydrogen-bond acceptors (Lipinski definition) is 4. The van der Waals surface area contributed by atoms with Crippen molar-refractivity contribution in [1.29, 1.82) is 0 Å². The summed E-state index contributed by atoms with van der Waals surface area (Å²) in [6.45, 7) is -0.195. The molecule has 2 fully saturated rings. The maximum absolute atomic E-state index is 12.4. The second-order valence-electron chi connectivity index (χ2n) is 6.82. The molecule has 0 aliphatic heterocycles. The highest BCUT2D eigenvalue weighted by molar-refractivity contribution is 7.92. The Morgan fingerprint density at radius 1 is 1.25 bits per heavy atom. The predicted molar refractivity (Wildman–Crippen MR) is 92.6 cm³/mol. The molecule has 24 heavy (non-hydrogen) atoms. The molecule has 1 aromatic carbocycles. The SMILES string of the molecule is COc1ccc(N(CC(=O)N[C@@H]2C[C@H]3CC[C@H]2C3)S(C)(=O)=O)cc1. The summed E-state index contributed by atoms with van der Waals surface area (Å²) < 4.78 is 30.4. The molecule has 0 aromatic heterocycles. The number of rotatable bonds is 6. The lowest BCUT2D eigenvalue weighted by atomic mass is 9.95. The first kappa shape index (κ1) is 17.1. The molecule has 0 radical (unpaired) electrons. The summed E-state index contributed by atoms with van der Waals surface area (Å²) in [5.41, 5.74) is 0.460. The monoisotopic (exact) mass is 352 g/mol. The first-order valence-corrected chi connectivity index (χ1v) is 10.1. The van der Waals surface area contributed by atoms with Crippen molar-refractivity contribution in [3.8, 4) is 5.75 Å². The van der Waals surface area contributed by atoms with E-state index in [9.17, 15) is 13.2 Å². The second kappa shape index (κ2) is 6.63. The average Bonchev–Trinajstić information content (AvgIpc) is 3.14. The van der Waals surface area contributed by atoms with Gasteiger partial charge in [-0.1, -0.05) is 6.42 Å². The maximum Gasteiger partial charge on any atom is 0.241 e. The van der Waals surface area contributed by atoms with Crippen LogP contribution in [0.2, 0.25) is 0 Å². The first-order valence-electron chi connectivity index (χ1n) is 8.28. The van der Waals surface area contributed by atoms with Crippen LogP contribution in [0.3, 0.4) is 0 Å². The van der Waals surface area contributed by atoms with Crippen molar-refractivity contribution < 1.29 is 17.9 Å². The zero-order valence-corrected chi connectivity index (χ0v) is 14.9. The summed E-state index contributed by atoms with van der Waals surface area (Å²) in [5, 5.41) is 3.04. The fourth-order valence-electron chi connectivity index (χ4n) is 3.95. The zero-order chi connectivity index (χ0) is 17.3. The number of methoxy groups -OCH3 is 1. The number of anilines is 1. The van der Waals surface area contributed by atoms with Crippen LogP contribution in [-0.4, -0.2) is 40.3 Å². The Balaban J connectivity index is 1.68. The first-order chi connectivity index (χ1) is 11.4. The molecule has 0 spiro atoms. The van der Waals surface area contributed by atoms with Crippen LogP contribution in [-0.2, 0) is 14.8 Å². The molecule has 0 saturated heterocycles. The van der Waals surface area contributed by atoms with Crippen LogP contribution in [0.4, 0.5) is 5.69 Å². The van der Waals surface area contributed by atoms with Crippen LogP contribution >= 0.6 is 0 Å². The number of fused-ring (bicyclic) bond motifs is 2. The third kappa shape index (κ3) is 3.66. The Labute approximate surface area is 143 Å². The van der Waals surface area contributed by atoms with Gasteiger partial charge >= 0.3 is 0 Å². The summed E-state index contributed by atoms with van der Waals surface area (Å²) in [6, 6.07) is 6.85. The van der Waals surface area contributed by atoms with Crippen molar-refractivity contribution in [2.45, 2.75) is 31.7 Å². The maximum atomic E-state index is 12.4. The van der Waals surface area contributed by atoms with Gasteiger partial charge < -0.3 is 10.1 Å². The number of carbonyl (C=O) groups excluding carboxylic acids is 1. The second-order valence-corrected chi connectivity index (χ2v) is 8.72. The van der Waals surface area contributed by atoms with Crippen LogP contribution in [0, 0.1) is 11.8 Å². The highest BCUT2D eigenvalue weighted by Crippen LogP contribution is 2.44. The fraction of sp³-hybridized carbons (Fsp3) is 0.588. The molecular weight excluding hydrogens is 328 g/mol. The number of nitrogens with zero attached hydrogens (tertiary/aromatic N) is 1. The molecule has 6 nitrogen and oxygen atoms in total. The van der Waals surface area contributed by atoms with Gasteiger partial charge in [0.15, 0.2) is 0 Å². The zero-order valence-electron chi connectivity index (χ0n) is 14.1. The van der Waals surface area contributed by atoms with Gasteiger partial charge in [0, 0.05) is 6.04 Å². The Morgan fingerprint density at radius 3 is 2.46 bits per heavy atom. The molecule has 1 N–H and O–H groups in total. The predicted octanol–water partition coefficient (Wildman–Crippen LogP) is 1.77. The highest BCUT2D eigenvalue weighted by Gasteiger charge is 2.40. The Hall–Kier alpha value is -1.76. The molecule has 3 rings (SSSR count). The van der Waals surface area contributed by atoms with Gasteiger partial charge in [0.05, 0.1) is 19.1 Å². The number of sulfonamides is 1. The van der Waals surface area contributed by atoms with E-state index in [1.165, 1.54) is 19.3 Å². The minimum Gasteiger partial charge on any atom is -0.497 e. The summed E-state index contributed by atoms with van der Waals surface area (Å²) in [4.78, 5) is 12.4. The van der Waals surface area contributed by atoms with E-state index in [2.05, 4.69) is 5.32 Å². The molecule has 2 bridgehead atoms.